The van der Waals surface area contributed by atoms with E-state index < -0.39 is 6.10 Å². The molecule has 0 aromatic carbocycles. The number of amides is 2. The lowest BCUT2D eigenvalue weighted by Gasteiger charge is -2.34. The number of rotatable bonds is 3. The zero-order valence-electron chi connectivity index (χ0n) is 14.5. The number of hydrogen-bond donors (Lipinski definition) is 1. The zero-order valence-corrected chi connectivity index (χ0v) is 14.5. The molecule has 0 spiro atoms. The van der Waals surface area contributed by atoms with E-state index in [0.29, 0.717) is 11.7 Å². The van der Waals surface area contributed by atoms with Crippen molar-refractivity contribution in [2.75, 3.05) is 13.1 Å². The van der Waals surface area contributed by atoms with Gasteiger partial charge in [0.05, 0.1) is 12.4 Å². The summed E-state index contributed by atoms with van der Waals surface area (Å²) in [6, 6.07) is 0. The fourth-order valence-electron chi connectivity index (χ4n) is 4.54. The highest BCUT2D eigenvalue weighted by molar-refractivity contribution is 5.93. The maximum Gasteiger partial charge on any atom is 0.289 e. The van der Waals surface area contributed by atoms with Gasteiger partial charge in [-0.15, -0.1) is 0 Å². The molecule has 2 atom stereocenters. The number of nitrogens with zero attached hydrogens (tertiary/aromatic N) is 1. The van der Waals surface area contributed by atoms with E-state index in [9.17, 15) is 9.59 Å². The van der Waals surface area contributed by atoms with Gasteiger partial charge in [-0.25, -0.2) is 0 Å². The Morgan fingerprint density at radius 3 is 2.56 bits per heavy atom. The number of carbonyl (C=O) groups is 2. The number of aryl methyl sites for hydroxylation is 1. The van der Waals surface area contributed by atoms with Gasteiger partial charge in [0.1, 0.15) is 6.10 Å². The van der Waals surface area contributed by atoms with Gasteiger partial charge in [-0.1, -0.05) is 0 Å². The van der Waals surface area contributed by atoms with E-state index in [4.69, 9.17) is 14.9 Å². The molecular weight excluding hydrogens is 320 g/mol. The maximum absolute atomic E-state index is 12.8. The van der Waals surface area contributed by atoms with E-state index in [1.54, 1.807) is 6.26 Å². The minimum absolute atomic E-state index is 0.0314. The fourth-order valence-corrected chi connectivity index (χ4v) is 4.54. The van der Waals surface area contributed by atoms with Crippen LogP contribution in [-0.4, -0.2) is 42.0 Å². The lowest BCUT2D eigenvalue weighted by Crippen LogP contribution is -2.41. The normalized spacial score (nSPS) is 27.3. The van der Waals surface area contributed by atoms with Gasteiger partial charge < -0.3 is 19.8 Å². The number of piperidine rings is 1. The second kappa shape index (κ2) is 6.83. The van der Waals surface area contributed by atoms with Gasteiger partial charge >= 0.3 is 0 Å². The van der Waals surface area contributed by atoms with Crippen LogP contribution in [0.3, 0.4) is 0 Å². The van der Waals surface area contributed by atoms with Crippen LogP contribution in [0.15, 0.2) is 10.7 Å². The molecule has 2 amide bonds. The fraction of sp³-hybridized carbons (Fsp3) is 0.684. The smallest absolute Gasteiger partial charge is 0.289 e. The molecule has 0 saturated carbocycles. The molecule has 1 aromatic heterocycles. The summed E-state index contributed by atoms with van der Waals surface area (Å²) in [7, 11) is 0. The van der Waals surface area contributed by atoms with Gasteiger partial charge in [-0.3, -0.25) is 9.59 Å². The van der Waals surface area contributed by atoms with Crippen LogP contribution in [0.1, 0.15) is 60.2 Å². The quantitative estimate of drug-likeness (QED) is 0.907. The number of carbonyl (C=O) groups excluding carboxylic acids is 2. The lowest BCUT2D eigenvalue weighted by atomic mass is 9.89. The third-order valence-corrected chi connectivity index (χ3v) is 6.02. The second-order valence-electron chi connectivity index (χ2n) is 7.55. The van der Waals surface area contributed by atoms with E-state index in [0.717, 1.165) is 63.6 Å². The monoisotopic (exact) mass is 346 g/mol. The molecule has 2 aliphatic heterocycles. The molecule has 1 aliphatic carbocycles. The van der Waals surface area contributed by atoms with Crippen molar-refractivity contribution < 1.29 is 18.7 Å². The third-order valence-electron chi connectivity index (χ3n) is 6.02. The van der Waals surface area contributed by atoms with E-state index in [-0.39, 0.29) is 17.9 Å². The number of fused-ring (bicyclic) bond motifs is 1. The van der Waals surface area contributed by atoms with Crippen LogP contribution in [0.5, 0.6) is 0 Å². The highest BCUT2D eigenvalue weighted by atomic mass is 16.5. The summed E-state index contributed by atoms with van der Waals surface area (Å²) in [4.78, 5) is 26.0. The standard InChI is InChI=1S/C19H26N2O4/c20-18(22)16-6-5-15(25-16)12-7-9-21(10-8-12)19(23)17-14-4-2-1-3-13(14)11-24-17/h11-12,15-16H,1-10H2,(H2,20,22)/t15-,16+/m0/s1. The maximum atomic E-state index is 12.8. The first-order valence-electron chi connectivity index (χ1n) is 9.47. The summed E-state index contributed by atoms with van der Waals surface area (Å²) in [5, 5.41) is 0. The molecule has 0 radical (unpaired) electrons. The number of primary amides is 1. The van der Waals surface area contributed by atoms with Crippen molar-refractivity contribution in [3.63, 3.8) is 0 Å². The molecule has 2 saturated heterocycles. The first-order valence-corrected chi connectivity index (χ1v) is 9.47. The third kappa shape index (κ3) is 3.19. The van der Waals surface area contributed by atoms with Gasteiger partial charge in [0.25, 0.3) is 5.91 Å². The highest BCUT2D eigenvalue weighted by Crippen LogP contribution is 2.33. The van der Waals surface area contributed by atoms with Crippen molar-refractivity contribution >= 4 is 11.8 Å². The summed E-state index contributed by atoms with van der Waals surface area (Å²) in [6.45, 7) is 1.44. The summed E-state index contributed by atoms with van der Waals surface area (Å²) in [6.07, 6.45) is 9.15. The molecule has 136 valence electrons. The van der Waals surface area contributed by atoms with Crippen molar-refractivity contribution in [2.24, 2.45) is 11.7 Å². The van der Waals surface area contributed by atoms with E-state index in [1.165, 1.54) is 12.0 Å². The Morgan fingerprint density at radius 2 is 1.84 bits per heavy atom. The molecule has 2 fully saturated rings. The average molecular weight is 346 g/mol. The summed E-state index contributed by atoms with van der Waals surface area (Å²) >= 11 is 0. The van der Waals surface area contributed by atoms with Gasteiger partial charge in [-0.05, 0) is 62.8 Å². The molecule has 0 unspecified atom stereocenters. The van der Waals surface area contributed by atoms with Crippen LogP contribution >= 0.6 is 0 Å². The van der Waals surface area contributed by atoms with Crippen LogP contribution in [0.4, 0.5) is 0 Å². The number of hydrogen-bond acceptors (Lipinski definition) is 4. The summed E-state index contributed by atoms with van der Waals surface area (Å²) < 4.78 is 11.4. The Balaban J connectivity index is 1.35. The molecule has 3 aliphatic rings. The number of ether oxygens (including phenoxy) is 1. The van der Waals surface area contributed by atoms with Crippen molar-refractivity contribution in [1.82, 2.24) is 4.90 Å². The summed E-state index contributed by atoms with van der Waals surface area (Å²) in [5.41, 5.74) is 7.67. The van der Waals surface area contributed by atoms with E-state index >= 15 is 0 Å². The van der Waals surface area contributed by atoms with E-state index in [1.807, 2.05) is 4.90 Å². The van der Waals surface area contributed by atoms with Gasteiger partial charge in [0.2, 0.25) is 5.91 Å². The minimum atomic E-state index is -0.431. The van der Waals surface area contributed by atoms with Gasteiger partial charge in [-0.2, -0.15) is 0 Å². The number of furan rings is 1. The first kappa shape index (κ1) is 16.6. The lowest BCUT2D eigenvalue weighted by molar-refractivity contribution is -0.130. The number of nitrogens with two attached hydrogens (primary N) is 1. The van der Waals surface area contributed by atoms with Crippen LogP contribution < -0.4 is 5.73 Å². The van der Waals surface area contributed by atoms with Crippen molar-refractivity contribution in [3.05, 3.63) is 23.2 Å². The molecule has 6 nitrogen and oxygen atoms in total. The number of likely N-dealkylation sites (tertiary alicyclic amines) is 1. The minimum Gasteiger partial charge on any atom is -0.459 e. The average Bonchev–Trinajstić information content (AvgIpc) is 3.29. The molecule has 6 heteroatoms. The van der Waals surface area contributed by atoms with Crippen LogP contribution in [0.25, 0.3) is 0 Å². The highest BCUT2D eigenvalue weighted by Gasteiger charge is 2.37. The molecular formula is C19H26N2O4. The SMILES string of the molecule is NC(=O)[C@H]1CC[C@@H](C2CCN(C(=O)c3occ4c3CCCC4)CC2)O1. The second-order valence-corrected chi connectivity index (χ2v) is 7.55. The topological polar surface area (TPSA) is 85.8 Å². The van der Waals surface area contributed by atoms with Crippen LogP contribution in [-0.2, 0) is 22.4 Å². The predicted molar refractivity (Wildman–Crippen MR) is 91.1 cm³/mol. The van der Waals surface area contributed by atoms with E-state index in [2.05, 4.69) is 0 Å². The molecule has 2 N–H and O–H groups in total. The Hall–Kier alpha value is -1.82. The van der Waals surface area contributed by atoms with Crippen molar-refractivity contribution in [2.45, 2.75) is 63.6 Å². The van der Waals surface area contributed by atoms with Gasteiger partial charge in [0.15, 0.2) is 5.76 Å². The Morgan fingerprint density at radius 1 is 1.08 bits per heavy atom. The Bertz CT molecular complexity index is 660. The Labute approximate surface area is 147 Å². The van der Waals surface area contributed by atoms with Crippen LogP contribution in [0, 0.1) is 5.92 Å². The van der Waals surface area contributed by atoms with Crippen molar-refractivity contribution in [1.29, 1.82) is 0 Å². The van der Waals surface area contributed by atoms with Gasteiger partial charge in [0, 0.05) is 18.7 Å². The van der Waals surface area contributed by atoms with Crippen LogP contribution in [0.2, 0.25) is 0 Å². The predicted octanol–water partition coefficient (Wildman–Crippen LogP) is 2.04. The largest absolute Gasteiger partial charge is 0.459 e. The molecule has 25 heavy (non-hydrogen) atoms. The Kier molecular flexibility index (Phi) is 4.54. The van der Waals surface area contributed by atoms with Crippen molar-refractivity contribution in [3.8, 4) is 0 Å². The first-order chi connectivity index (χ1) is 12.1. The molecule has 1 aromatic rings. The molecule has 0 bridgehead atoms. The molecule has 3 heterocycles. The summed E-state index contributed by atoms with van der Waals surface area (Å²) in [5.74, 6) is 0.625. The molecule has 4 rings (SSSR count). The zero-order chi connectivity index (χ0) is 17.4.